The number of tetrazole rings is 1. The molecule has 1 aliphatic rings. The van der Waals surface area contributed by atoms with Gasteiger partial charge in [-0.15, -0.1) is 5.10 Å². The van der Waals surface area contributed by atoms with Crippen molar-refractivity contribution in [1.29, 1.82) is 0 Å². The van der Waals surface area contributed by atoms with Gasteiger partial charge in [0, 0.05) is 30.1 Å². The van der Waals surface area contributed by atoms with Gasteiger partial charge < -0.3 is 4.90 Å². The molecule has 0 unspecified atom stereocenters. The van der Waals surface area contributed by atoms with Crippen molar-refractivity contribution in [3.63, 3.8) is 0 Å². The summed E-state index contributed by atoms with van der Waals surface area (Å²) in [6.45, 7) is 6.42. The number of nitrogens with zero attached hydrogens (tertiary/aromatic N) is 6. The van der Waals surface area contributed by atoms with E-state index in [0.29, 0.717) is 25.0 Å². The fourth-order valence-electron chi connectivity index (χ4n) is 3.14. The Morgan fingerprint density at radius 1 is 1.38 bits per heavy atom. The minimum Gasteiger partial charge on any atom is -0.340 e. The van der Waals surface area contributed by atoms with Crippen LogP contribution >= 0.6 is 11.6 Å². The zero-order chi connectivity index (χ0) is 18.7. The molecule has 2 heterocycles. The highest BCUT2D eigenvalue weighted by Gasteiger charge is 2.29. The monoisotopic (exact) mass is 376 g/mol. The number of hydrogen-bond donors (Lipinski definition) is 0. The van der Waals surface area contributed by atoms with Crippen molar-refractivity contribution in [2.24, 2.45) is 0 Å². The molecule has 1 aliphatic heterocycles. The quantitative estimate of drug-likeness (QED) is 0.773. The van der Waals surface area contributed by atoms with Gasteiger partial charge in [-0.05, 0) is 49.4 Å². The van der Waals surface area contributed by atoms with Gasteiger partial charge in [-0.25, -0.2) is 4.68 Å². The molecule has 26 heavy (non-hydrogen) atoms. The van der Waals surface area contributed by atoms with Crippen molar-refractivity contribution in [2.75, 3.05) is 20.1 Å². The Morgan fingerprint density at radius 2 is 2.15 bits per heavy atom. The van der Waals surface area contributed by atoms with Crippen LogP contribution in [-0.4, -0.2) is 62.1 Å². The van der Waals surface area contributed by atoms with Gasteiger partial charge in [0.05, 0.1) is 6.54 Å². The van der Waals surface area contributed by atoms with Crippen LogP contribution in [0.1, 0.15) is 37.6 Å². The van der Waals surface area contributed by atoms with E-state index in [4.69, 9.17) is 11.6 Å². The molecule has 8 heteroatoms. The Balaban J connectivity index is 1.62. The van der Waals surface area contributed by atoms with Crippen LogP contribution in [0.2, 0.25) is 5.02 Å². The zero-order valence-electron chi connectivity index (χ0n) is 15.5. The fourth-order valence-corrected chi connectivity index (χ4v) is 3.43. The van der Waals surface area contributed by atoms with Crippen LogP contribution in [0.15, 0.2) is 24.3 Å². The van der Waals surface area contributed by atoms with Crippen LogP contribution in [0.4, 0.5) is 0 Å². The van der Waals surface area contributed by atoms with E-state index in [2.05, 4.69) is 34.3 Å². The number of amides is 1. The summed E-state index contributed by atoms with van der Waals surface area (Å²) in [7, 11) is 2.01. The van der Waals surface area contributed by atoms with Gasteiger partial charge in [-0.1, -0.05) is 29.8 Å². The van der Waals surface area contributed by atoms with Gasteiger partial charge in [0.15, 0.2) is 5.82 Å². The highest BCUT2D eigenvalue weighted by atomic mass is 35.5. The minimum absolute atomic E-state index is 0.0419. The molecule has 1 aromatic heterocycles. The standard InChI is InChI=1S/C18H25ClN6O/c1-13(2)23(3)11-17-20-21-22-25(17)12-18(26)24-9-8-14(10-24)15-6-4-5-7-16(15)19/h4-7,13-14H,8-12H2,1-3H3/t14-/m0/s1. The predicted octanol–water partition coefficient (Wildman–Crippen LogP) is 2.18. The summed E-state index contributed by atoms with van der Waals surface area (Å²) in [5.41, 5.74) is 1.12. The third kappa shape index (κ3) is 4.22. The van der Waals surface area contributed by atoms with Crippen LogP contribution in [0.5, 0.6) is 0 Å². The van der Waals surface area contributed by atoms with Crippen molar-refractivity contribution in [3.05, 3.63) is 40.7 Å². The molecule has 1 fully saturated rings. The third-order valence-electron chi connectivity index (χ3n) is 5.05. The van der Waals surface area contributed by atoms with E-state index in [-0.39, 0.29) is 18.4 Å². The molecule has 0 aliphatic carbocycles. The van der Waals surface area contributed by atoms with Crippen molar-refractivity contribution in [2.45, 2.75) is 45.3 Å². The number of rotatable bonds is 6. The first kappa shape index (κ1) is 18.8. The van der Waals surface area contributed by atoms with Gasteiger partial charge in [-0.3, -0.25) is 9.69 Å². The van der Waals surface area contributed by atoms with Crippen LogP contribution in [0, 0.1) is 0 Å². The average Bonchev–Trinajstić information content (AvgIpc) is 3.25. The van der Waals surface area contributed by atoms with E-state index in [1.807, 2.05) is 36.2 Å². The van der Waals surface area contributed by atoms with Gasteiger partial charge in [0.25, 0.3) is 0 Å². The number of carbonyl (C=O) groups is 1. The fraction of sp³-hybridized carbons (Fsp3) is 0.556. The lowest BCUT2D eigenvalue weighted by molar-refractivity contribution is -0.131. The number of carbonyl (C=O) groups excluding carboxylic acids is 1. The SMILES string of the molecule is CC(C)N(C)Cc1nnnn1CC(=O)N1CC[C@H](c2ccccc2Cl)C1. The molecule has 1 saturated heterocycles. The van der Waals surface area contributed by atoms with Gasteiger partial charge >= 0.3 is 0 Å². The molecule has 0 spiro atoms. The molecule has 1 aromatic carbocycles. The molecule has 0 radical (unpaired) electrons. The first-order valence-electron chi connectivity index (χ1n) is 8.93. The summed E-state index contributed by atoms with van der Waals surface area (Å²) in [6, 6.07) is 8.24. The molecule has 2 aromatic rings. The third-order valence-corrected chi connectivity index (χ3v) is 5.39. The van der Waals surface area contributed by atoms with E-state index in [1.165, 1.54) is 0 Å². The Kier molecular flexibility index (Phi) is 5.88. The highest BCUT2D eigenvalue weighted by molar-refractivity contribution is 6.31. The van der Waals surface area contributed by atoms with Crippen molar-refractivity contribution >= 4 is 17.5 Å². The summed E-state index contributed by atoms with van der Waals surface area (Å²) in [5, 5.41) is 12.6. The smallest absolute Gasteiger partial charge is 0.244 e. The van der Waals surface area contributed by atoms with Gasteiger partial charge in [0.2, 0.25) is 5.91 Å². The van der Waals surface area contributed by atoms with E-state index < -0.39 is 0 Å². The van der Waals surface area contributed by atoms with E-state index >= 15 is 0 Å². The molecule has 0 bridgehead atoms. The van der Waals surface area contributed by atoms with Crippen molar-refractivity contribution in [3.8, 4) is 0 Å². The Bertz CT molecular complexity index is 762. The van der Waals surface area contributed by atoms with Crippen LogP contribution in [0.25, 0.3) is 0 Å². The highest BCUT2D eigenvalue weighted by Crippen LogP contribution is 2.31. The lowest BCUT2D eigenvalue weighted by atomic mass is 9.98. The zero-order valence-corrected chi connectivity index (χ0v) is 16.2. The average molecular weight is 377 g/mol. The van der Waals surface area contributed by atoms with Gasteiger partial charge in [0.1, 0.15) is 6.54 Å². The maximum absolute atomic E-state index is 12.7. The normalized spacial score (nSPS) is 17.5. The van der Waals surface area contributed by atoms with E-state index in [9.17, 15) is 4.79 Å². The van der Waals surface area contributed by atoms with Crippen LogP contribution in [-0.2, 0) is 17.9 Å². The Labute approximate surface area is 158 Å². The second-order valence-corrected chi connectivity index (χ2v) is 7.52. The number of likely N-dealkylation sites (tertiary alicyclic amines) is 1. The molecule has 3 rings (SSSR count). The number of benzene rings is 1. The molecule has 140 valence electrons. The van der Waals surface area contributed by atoms with Crippen LogP contribution < -0.4 is 0 Å². The lowest BCUT2D eigenvalue weighted by Crippen LogP contribution is -2.33. The minimum atomic E-state index is 0.0419. The van der Waals surface area contributed by atoms with Gasteiger partial charge in [-0.2, -0.15) is 0 Å². The molecule has 0 N–H and O–H groups in total. The Hall–Kier alpha value is -1.99. The summed E-state index contributed by atoms with van der Waals surface area (Å²) < 4.78 is 1.60. The second-order valence-electron chi connectivity index (χ2n) is 7.11. The predicted molar refractivity (Wildman–Crippen MR) is 99.8 cm³/mol. The second kappa shape index (κ2) is 8.14. The molecule has 1 amide bonds. The molecule has 0 saturated carbocycles. The summed E-state index contributed by atoms with van der Waals surface area (Å²) >= 11 is 6.30. The first-order valence-corrected chi connectivity index (χ1v) is 9.31. The maximum atomic E-state index is 12.7. The molecular weight excluding hydrogens is 352 g/mol. The van der Waals surface area contributed by atoms with Crippen molar-refractivity contribution in [1.82, 2.24) is 30.0 Å². The largest absolute Gasteiger partial charge is 0.340 e. The number of halogens is 1. The van der Waals surface area contributed by atoms with Crippen molar-refractivity contribution < 1.29 is 4.79 Å². The Morgan fingerprint density at radius 3 is 2.88 bits per heavy atom. The molecular formula is C18H25ClN6O. The maximum Gasteiger partial charge on any atom is 0.244 e. The topological polar surface area (TPSA) is 67.2 Å². The van der Waals surface area contributed by atoms with Crippen LogP contribution in [0.3, 0.4) is 0 Å². The lowest BCUT2D eigenvalue weighted by Gasteiger charge is -2.21. The molecule has 1 atom stereocenters. The number of hydrogen-bond acceptors (Lipinski definition) is 5. The number of aromatic nitrogens is 4. The summed E-state index contributed by atoms with van der Waals surface area (Å²) in [4.78, 5) is 16.7. The summed E-state index contributed by atoms with van der Waals surface area (Å²) in [5.74, 6) is 1.03. The van der Waals surface area contributed by atoms with E-state index in [1.54, 1.807) is 4.68 Å². The summed E-state index contributed by atoms with van der Waals surface area (Å²) in [6.07, 6.45) is 0.925. The molecule has 7 nitrogen and oxygen atoms in total. The first-order chi connectivity index (χ1) is 12.5. The van der Waals surface area contributed by atoms with E-state index in [0.717, 1.165) is 23.6 Å².